The van der Waals surface area contributed by atoms with E-state index in [2.05, 4.69) is 21.0 Å². The first-order valence-electron chi connectivity index (χ1n) is 14.4. The number of rotatable bonds is 9. The van der Waals surface area contributed by atoms with E-state index in [9.17, 15) is 18.0 Å². The van der Waals surface area contributed by atoms with E-state index in [1.54, 1.807) is 34.6 Å². The molecule has 1 saturated heterocycles. The summed E-state index contributed by atoms with van der Waals surface area (Å²) in [6.07, 6.45) is 6.65. The molecule has 0 aliphatic carbocycles. The van der Waals surface area contributed by atoms with E-state index in [1.807, 2.05) is 66.1 Å². The summed E-state index contributed by atoms with van der Waals surface area (Å²) in [7, 11) is -3.54. The Morgan fingerprint density at radius 2 is 1.55 bits per heavy atom. The van der Waals surface area contributed by atoms with Gasteiger partial charge in [0.25, 0.3) is 5.91 Å². The molecule has 0 spiro atoms. The standard InChI is InChI=1S/C32H34N6O4S2/c1-24-11-16-27(17-12-24)38-31(26-9-5-4-6-10-26)35-36-32(38)43-23-30(40)34-33-29(39)20-15-25-13-18-28(19-14-25)44(41,42)37-21-7-2-3-8-22-37/h4-6,9-20H,2-3,7-8,21-23H2,1H3,(H,33,39)(H,34,40)/b20-15+. The minimum atomic E-state index is -3.54. The van der Waals surface area contributed by atoms with Gasteiger partial charge in [0, 0.05) is 30.4 Å². The molecule has 4 aromatic rings. The number of aromatic nitrogens is 3. The maximum atomic E-state index is 13.0. The summed E-state index contributed by atoms with van der Waals surface area (Å²) >= 11 is 1.20. The molecule has 228 valence electrons. The topological polar surface area (TPSA) is 126 Å². The van der Waals surface area contributed by atoms with Gasteiger partial charge in [-0.3, -0.25) is 25.0 Å². The third-order valence-electron chi connectivity index (χ3n) is 7.13. The fraction of sp³-hybridized carbons (Fsp3) is 0.250. The Morgan fingerprint density at radius 3 is 2.23 bits per heavy atom. The molecular formula is C32H34N6O4S2. The highest BCUT2D eigenvalue weighted by Gasteiger charge is 2.25. The molecule has 2 heterocycles. The minimum absolute atomic E-state index is 0.00423. The zero-order chi connectivity index (χ0) is 30.9. The highest BCUT2D eigenvalue weighted by molar-refractivity contribution is 7.99. The van der Waals surface area contributed by atoms with Gasteiger partial charge in [0.05, 0.1) is 10.6 Å². The summed E-state index contributed by atoms with van der Waals surface area (Å²) in [5, 5.41) is 9.25. The third-order valence-corrected chi connectivity index (χ3v) is 9.97. The zero-order valence-electron chi connectivity index (χ0n) is 24.3. The summed E-state index contributed by atoms with van der Waals surface area (Å²) in [5.41, 5.74) is 8.32. The lowest BCUT2D eigenvalue weighted by atomic mass is 10.2. The summed E-state index contributed by atoms with van der Waals surface area (Å²) in [6.45, 7) is 3.09. The summed E-state index contributed by atoms with van der Waals surface area (Å²) in [6, 6.07) is 24.0. The first kappa shape index (κ1) is 31.2. The van der Waals surface area contributed by atoms with Crippen molar-refractivity contribution in [1.82, 2.24) is 29.9 Å². The highest BCUT2D eigenvalue weighted by atomic mass is 32.2. The fourth-order valence-electron chi connectivity index (χ4n) is 4.76. The Hall–Kier alpha value is -4.26. The number of carbonyl (C=O) groups is 2. The number of benzene rings is 3. The highest BCUT2D eigenvalue weighted by Crippen LogP contribution is 2.28. The Morgan fingerprint density at radius 1 is 0.864 bits per heavy atom. The monoisotopic (exact) mass is 630 g/mol. The molecule has 1 fully saturated rings. The van der Waals surface area contributed by atoms with Crippen LogP contribution in [0.5, 0.6) is 0 Å². The molecular weight excluding hydrogens is 597 g/mol. The molecule has 1 aromatic heterocycles. The molecule has 2 amide bonds. The molecule has 0 radical (unpaired) electrons. The van der Waals surface area contributed by atoms with Crippen molar-refractivity contribution in [3.05, 3.63) is 96.1 Å². The lowest BCUT2D eigenvalue weighted by Crippen LogP contribution is -2.41. The third kappa shape index (κ3) is 7.81. The van der Waals surface area contributed by atoms with Gasteiger partial charge in [0.1, 0.15) is 0 Å². The van der Waals surface area contributed by atoms with Gasteiger partial charge in [-0.25, -0.2) is 8.42 Å². The predicted octanol–water partition coefficient (Wildman–Crippen LogP) is 4.76. The van der Waals surface area contributed by atoms with Crippen LogP contribution in [0.1, 0.15) is 36.8 Å². The van der Waals surface area contributed by atoms with Gasteiger partial charge in [-0.1, -0.05) is 84.8 Å². The summed E-state index contributed by atoms with van der Waals surface area (Å²) in [5.74, 6) is -0.294. The Bertz CT molecular complexity index is 1710. The molecule has 0 bridgehead atoms. The van der Waals surface area contributed by atoms with Crippen molar-refractivity contribution in [2.45, 2.75) is 42.7 Å². The van der Waals surface area contributed by atoms with Gasteiger partial charge in [0.2, 0.25) is 15.9 Å². The molecule has 2 N–H and O–H groups in total. The van der Waals surface area contributed by atoms with Crippen LogP contribution in [0.15, 0.2) is 95.0 Å². The van der Waals surface area contributed by atoms with Crippen LogP contribution in [-0.2, 0) is 19.6 Å². The van der Waals surface area contributed by atoms with Crippen molar-refractivity contribution in [3.63, 3.8) is 0 Å². The van der Waals surface area contributed by atoms with E-state index >= 15 is 0 Å². The number of sulfonamides is 1. The lowest BCUT2D eigenvalue weighted by Gasteiger charge is -2.19. The largest absolute Gasteiger partial charge is 0.272 e. The minimum Gasteiger partial charge on any atom is -0.272 e. The van der Waals surface area contributed by atoms with Crippen molar-refractivity contribution in [2.75, 3.05) is 18.8 Å². The number of carbonyl (C=O) groups excluding carboxylic acids is 2. The molecule has 12 heteroatoms. The van der Waals surface area contributed by atoms with Crippen molar-refractivity contribution in [3.8, 4) is 17.1 Å². The van der Waals surface area contributed by atoms with Gasteiger partial charge in [-0.05, 0) is 55.7 Å². The number of nitrogens with one attached hydrogen (secondary N) is 2. The van der Waals surface area contributed by atoms with Crippen LogP contribution in [0, 0.1) is 6.92 Å². The number of hydrogen-bond donors (Lipinski definition) is 2. The number of amides is 2. The number of thioether (sulfide) groups is 1. The van der Waals surface area contributed by atoms with Crippen LogP contribution < -0.4 is 10.9 Å². The second kappa shape index (κ2) is 14.5. The Balaban J connectivity index is 1.16. The van der Waals surface area contributed by atoms with E-state index in [1.165, 1.54) is 17.8 Å². The number of hydrazine groups is 1. The van der Waals surface area contributed by atoms with E-state index in [0.717, 1.165) is 42.5 Å². The van der Waals surface area contributed by atoms with E-state index in [0.29, 0.717) is 29.6 Å². The van der Waals surface area contributed by atoms with E-state index in [4.69, 9.17) is 0 Å². The molecule has 3 aromatic carbocycles. The molecule has 0 saturated carbocycles. The second-order valence-corrected chi connectivity index (χ2v) is 13.3. The maximum Gasteiger partial charge on any atom is 0.262 e. The number of nitrogens with zero attached hydrogens (tertiary/aromatic N) is 4. The quantitative estimate of drug-likeness (QED) is 0.155. The van der Waals surface area contributed by atoms with Crippen LogP contribution >= 0.6 is 11.8 Å². The van der Waals surface area contributed by atoms with Crippen LogP contribution in [-0.4, -0.2) is 58.1 Å². The van der Waals surface area contributed by atoms with Gasteiger partial charge < -0.3 is 0 Å². The van der Waals surface area contributed by atoms with Gasteiger partial charge in [0.15, 0.2) is 11.0 Å². The Kier molecular flexibility index (Phi) is 10.3. The van der Waals surface area contributed by atoms with E-state index in [-0.39, 0.29) is 10.6 Å². The fourth-order valence-corrected chi connectivity index (χ4v) is 7.03. The molecule has 0 atom stereocenters. The predicted molar refractivity (Wildman–Crippen MR) is 171 cm³/mol. The first-order valence-corrected chi connectivity index (χ1v) is 16.8. The maximum absolute atomic E-state index is 13.0. The van der Waals surface area contributed by atoms with Crippen molar-refractivity contribution in [2.24, 2.45) is 0 Å². The molecule has 1 aliphatic rings. The van der Waals surface area contributed by atoms with Crippen molar-refractivity contribution >= 4 is 39.7 Å². The number of aryl methyl sites for hydroxylation is 1. The van der Waals surface area contributed by atoms with Crippen LogP contribution in [0.2, 0.25) is 0 Å². The van der Waals surface area contributed by atoms with Gasteiger partial charge in [-0.15, -0.1) is 10.2 Å². The summed E-state index contributed by atoms with van der Waals surface area (Å²) in [4.78, 5) is 25.1. The average molecular weight is 631 g/mol. The van der Waals surface area contributed by atoms with Gasteiger partial charge in [-0.2, -0.15) is 4.31 Å². The molecule has 1 aliphatic heterocycles. The Labute approximate surface area is 261 Å². The normalized spacial score (nSPS) is 14.3. The first-order chi connectivity index (χ1) is 21.3. The molecule has 10 nitrogen and oxygen atoms in total. The molecule has 0 unspecified atom stereocenters. The second-order valence-electron chi connectivity index (χ2n) is 10.4. The van der Waals surface area contributed by atoms with E-state index < -0.39 is 21.8 Å². The molecule has 44 heavy (non-hydrogen) atoms. The van der Waals surface area contributed by atoms with Crippen LogP contribution in [0.3, 0.4) is 0 Å². The zero-order valence-corrected chi connectivity index (χ0v) is 26.0. The van der Waals surface area contributed by atoms with Crippen molar-refractivity contribution in [1.29, 1.82) is 0 Å². The van der Waals surface area contributed by atoms with Gasteiger partial charge >= 0.3 is 0 Å². The SMILES string of the molecule is Cc1ccc(-n2c(SCC(=O)NNC(=O)/C=C/c3ccc(S(=O)(=O)N4CCCCCC4)cc3)nnc2-c2ccccc2)cc1. The lowest BCUT2D eigenvalue weighted by molar-refractivity contribution is -0.125. The van der Waals surface area contributed by atoms with Crippen LogP contribution in [0.4, 0.5) is 0 Å². The smallest absolute Gasteiger partial charge is 0.262 e. The number of hydrogen-bond acceptors (Lipinski definition) is 7. The van der Waals surface area contributed by atoms with Crippen LogP contribution in [0.25, 0.3) is 23.2 Å². The molecule has 5 rings (SSSR count). The average Bonchev–Trinajstić information content (AvgIpc) is 3.26. The summed E-state index contributed by atoms with van der Waals surface area (Å²) < 4.78 is 29.4. The van der Waals surface area contributed by atoms with Crippen molar-refractivity contribution < 1.29 is 18.0 Å².